The number of nitrogens with two attached hydrogens (primary N) is 1. The van der Waals surface area contributed by atoms with Crippen LogP contribution < -0.4 is 5.73 Å². The van der Waals surface area contributed by atoms with E-state index in [-0.39, 0.29) is 11.7 Å². The fourth-order valence-electron chi connectivity index (χ4n) is 3.57. The minimum absolute atomic E-state index is 0.0926. The number of benzene rings is 1. The second kappa shape index (κ2) is 7.54. The molecule has 0 atom stereocenters. The van der Waals surface area contributed by atoms with Crippen LogP contribution in [0.1, 0.15) is 46.8 Å². The quantitative estimate of drug-likeness (QED) is 0.726. The maximum atomic E-state index is 12.3. The summed E-state index contributed by atoms with van der Waals surface area (Å²) in [5.41, 5.74) is 8.34. The Bertz CT molecular complexity index is 917. The highest BCUT2D eigenvalue weighted by atomic mass is 35.5. The number of aromatic nitrogens is 2. The summed E-state index contributed by atoms with van der Waals surface area (Å²) in [4.78, 5) is 11.7. The van der Waals surface area contributed by atoms with Gasteiger partial charge in [0.15, 0.2) is 0 Å². The molecule has 1 aromatic carbocycles. The van der Waals surface area contributed by atoms with Gasteiger partial charge in [0, 0.05) is 36.0 Å². The molecule has 1 aliphatic heterocycles. The summed E-state index contributed by atoms with van der Waals surface area (Å²) in [7, 11) is -3.24. The van der Waals surface area contributed by atoms with Gasteiger partial charge in [0.25, 0.3) is 5.91 Å². The van der Waals surface area contributed by atoms with Gasteiger partial charge in [-0.05, 0) is 43.9 Å². The standard InChI is InChI=1S/C17H23ClN4O3S/c1-11-9-13-15(20-21-16(13)14(10-11)17(19)23)12-3-6-22(7-4-12)26(24,25)8-2-5-18/h9-10,12H,2-8H2,1H3,(H2,19,23)(H,20,21). The second-order valence-corrected chi connectivity index (χ2v) is 9.21. The van der Waals surface area contributed by atoms with E-state index in [4.69, 9.17) is 17.3 Å². The Morgan fingerprint density at radius 3 is 2.69 bits per heavy atom. The molecule has 2 heterocycles. The van der Waals surface area contributed by atoms with Crippen molar-refractivity contribution in [2.24, 2.45) is 5.73 Å². The fraction of sp³-hybridized carbons (Fsp3) is 0.529. The summed E-state index contributed by atoms with van der Waals surface area (Å²) < 4.78 is 26.2. The Kier molecular flexibility index (Phi) is 5.55. The smallest absolute Gasteiger partial charge is 0.250 e. The predicted octanol–water partition coefficient (Wildman–Crippen LogP) is 2.11. The maximum absolute atomic E-state index is 12.3. The van der Waals surface area contributed by atoms with Crippen molar-refractivity contribution < 1.29 is 13.2 Å². The number of hydrogen-bond acceptors (Lipinski definition) is 4. The largest absolute Gasteiger partial charge is 0.366 e. The van der Waals surface area contributed by atoms with Gasteiger partial charge in [-0.25, -0.2) is 12.7 Å². The Morgan fingerprint density at radius 2 is 2.08 bits per heavy atom. The predicted molar refractivity (Wildman–Crippen MR) is 102 cm³/mol. The number of rotatable bonds is 6. The lowest BCUT2D eigenvalue weighted by Gasteiger charge is -2.30. The minimum Gasteiger partial charge on any atom is -0.366 e. The number of carbonyl (C=O) groups excluding carboxylic acids is 1. The molecule has 26 heavy (non-hydrogen) atoms. The first-order valence-electron chi connectivity index (χ1n) is 8.65. The van der Waals surface area contributed by atoms with E-state index in [1.165, 1.54) is 0 Å². The number of aromatic amines is 1. The molecule has 9 heteroatoms. The molecule has 3 N–H and O–H groups in total. The van der Waals surface area contributed by atoms with Crippen LogP contribution in [0.25, 0.3) is 10.9 Å². The van der Waals surface area contributed by atoms with Crippen LogP contribution in [0, 0.1) is 6.92 Å². The first-order valence-corrected chi connectivity index (χ1v) is 10.8. The van der Waals surface area contributed by atoms with Gasteiger partial charge in [-0.1, -0.05) is 0 Å². The van der Waals surface area contributed by atoms with E-state index >= 15 is 0 Å². The molecule has 0 radical (unpaired) electrons. The summed E-state index contributed by atoms with van der Waals surface area (Å²) in [5, 5.41) is 8.23. The highest BCUT2D eigenvalue weighted by molar-refractivity contribution is 7.89. The molecular weight excluding hydrogens is 376 g/mol. The zero-order valence-electron chi connectivity index (χ0n) is 14.7. The van der Waals surface area contributed by atoms with Crippen molar-refractivity contribution in [2.75, 3.05) is 24.7 Å². The van der Waals surface area contributed by atoms with Crippen LogP contribution in [-0.4, -0.2) is 53.5 Å². The number of alkyl halides is 1. The molecule has 1 aliphatic rings. The maximum Gasteiger partial charge on any atom is 0.250 e. The highest BCUT2D eigenvalue weighted by Crippen LogP contribution is 2.33. The lowest BCUT2D eigenvalue weighted by atomic mass is 9.91. The number of halogens is 1. The average molecular weight is 399 g/mol. The van der Waals surface area contributed by atoms with Crippen molar-refractivity contribution in [3.8, 4) is 0 Å². The summed E-state index contributed by atoms with van der Waals surface area (Å²) in [6.45, 7) is 2.86. The van der Waals surface area contributed by atoms with Crippen molar-refractivity contribution >= 4 is 38.4 Å². The molecule has 0 saturated carbocycles. The van der Waals surface area contributed by atoms with Crippen molar-refractivity contribution in [3.05, 3.63) is 29.0 Å². The Labute approximate surface area is 157 Å². The number of sulfonamides is 1. The van der Waals surface area contributed by atoms with Crippen molar-refractivity contribution in [2.45, 2.75) is 32.1 Å². The lowest BCUT2D eigenvalue weighted by molar-refractivity contribution is 0.100. The molecule has 2 aromatic rings. The molecule has 1 aromatic heterocycles. The Morgan fingerprint density at radius 1 is 1.38 bits per heavy atom. The Balaban J connectivity index is 1.81. The van der Waals surface area contributed by atoms with E-state index in [2.05, 4.69) is 10.2 Å². The topological polar surface area (TPSA) is 109 Å². The number of H-pyrrole nitrogens is 1. The van der Waals surface area contributed by atoms with Crippen LogP contribution in [0.2, 0.25) is 0 Å². The van der Waals surface area contributed by atoms with Gasteiger partial charge in [0.05, 0.1) is 11.3 Å². The number of nitrogens with one attached hydrogen (secondary N) is 1. The Hall–Kier alpha value is -1.64. The SMILES string of the molecule is Cc1cc(C(N)=O)c2n[nH]c(C3CCN(S(=O)(=O)CCCCl)CC3)c2c1. The zero-order chi connectivity index (χ0) is 18.9. The summed E-state index contributed by atoms with van der Waals surface area (Å²) in [5.74, 6) is 0.103. The molecule has 0 bridgehead atoms. The summed E-state index contributed by atoms with van der Waals surface area (Å²) >= 11 is 5.61. The molecule has 0 spiro atoms. The first kappa shape index (κ1) is 19.1. The van der Waals surface area contributed by atoms with Gasteiger partial charge < -0.3 is 5.73 Å². The van der Waals surface area contributed by atoms with E-state index in [9.17, 15) is 13.2 Å². The van der Waals surface area contributed by atoms with Crippen molar-refractivity contribution in [1.29, 1.82) is 0 Å². The molecule has 3 rings (SSSR count). The van der Waals surface area contributed by atoms with Crippen molar-refractivity contribution in [1.82, 2.24) is 14.5 Å². The van der Waals surface area contributed by atoms with Gasteiger partial charge in [-0.2, -0.15) is 5.10 Å². The van der Waals surface area contributed by atoms with Gasteiger partial charge >= 0.3 is 0 Å². The van der Waals surface area contributed by atoms with Gasteiger partial charge in [0.1, 0.15) is 5.52 Å². The number of nitrogens with zero attached hydrogens (tertiary/aromatic N) is 2. The van der Waals surface area contributed by atoms with Crippen LogP contribution in [0.15, 0.2) is 12.1 Å². The first-order chi connectivity index (χ1) is 12.3. The van der Waals surface area contributed by atoms with Crippen LogP contribution in [0.3, 0.4) is 0 Å². The number of carbonyl (C=O) groups is 1. The number of piperidine rings is 1. The average Bonchev–Trinajstić information content (AvgIpc) is 3.03. The van der Waals surface area contributed by atoms with E-state index in [1.54, 1.807) is 10.4 Å². The summed E-state index contributed by atoms with van der Waals surface area (Å²) in [6.07, 6.45) is 1.87. The molecule has 0 unspecified atom stereocenters. The normalized spacial score (nSPS) is 17.0. The van der Waals surface area contributed by atoms with Crippen LogP contribution >= 0.6 is 11.6 Å². The molecule has 1 fully saturated rings. The number of primary amides is 1. The fourth-order valence-corrected chi connectivity index (χ4v) is 5.40. The van der Waals surface area contributed by atoms with Gasteiger partial charge in [0.2, 0.25) is 10.0 Å². The molecular formula is C17H23ClN4O3S. The van der Waals surface area contributed by atoms with Crippen molar-refractivity contribution in [3.63, 3.8) is 0 Å². The summed E-state index contributed by atoms with van der Waals surface area (Å²) in [6, 6.07) is 3.73. The van der Waals surface area contributed by atoms with Crippen LogP contribution in [0.5, 0.6) is 0 Å². The van der Waals surface area contributed by atoms with E-state index in [0.29, 0.717) is 49.3 Å². The minimum atomic E-state index is -3.24. The zero-order valence-corrected chi connectivity index (χ0v) is 16.2. The second-order valence-electron chi connectivity index (χ2n) is 6.74. The highest BCUT2D eigenvalue weighted by Gasteiger charge is 2.30. The molecule has 142 valence electrons. The number of aryl methyl sites for hydroxylation is 1. The van der Waals surface area contributed by atoms with E-state index < -0.39 is 15.9 Å². The number of amides is 1. The van der Waals surface area contributed by atoms with E-state index in [0.717, 1.165) is 16.6 Å². The monoisotopic (exact) mass is 398 g/mol. The third kappa shape index (κ3) is 3.72. The molecule has 0 aliphatic carbocycles. The third-order valence-electron chi connectivity index (χ3n) is 4.89. The number of hydrogen-bond donors (Lipinski definition) is 2. The lowest BCUT2D eigenvalue weighted by Crippen LogP contribution is -2.39. The molecule has 1 amide bonds. The molecule has 1 saturated heterocycles. The van der Waals surface area contributed by atoms with Crippen LogP contribution in [-0.2, 0) is 10.0 Å². The van der Waals surface area contributed by atoms with Crippen LogP contribution in [0.4, 0.5) is 0 Å². The van der Waals surface area contributed by atoms with Gasteiger partial charge in [-0.3, -0.25) is 9.89 Å². The molecule has 7 nitrogen and oxygen atoms in total. The van der Waals surface area contributed by atoms with Gasteiger partial charge in [-0.15, -0.1) is 11.6 Å². The number of fused-ring (bicyclic) bond motifs is 1. The van der Waals surface area contributed by atoms with E-state index in [1.807, 2.05) is 13.0 Å². The third-order valence-corrected chi connectivity index (χ3v) is 7.11.